The van der Waals surface area contributed by atoms with E-state index in [2.05, 4.69) is 5.32 Å². The Labute approximate surface area is 232 Å². The number of primary amides is 1. The maximum Gasteiger partial charge on any atom is 0.407 e. The number of nitro groups is 1. The molecule has 11 nitrogen and oxygen atoms in total. The summed E-state index contributed by atoms with van der Waals surface area (Å²) in [4.78, 5) is 48.2. The second-order valence-electron chi connectivity index (χ2n) is 10.7. The van der Waals surface area contributed by atoms with Crippen molar-refractivity contribution in [2.45, 2.75) is 90.1 Å². The highest BCUT2D eigenvalue weighted by Crippen LogP contribution is 2.37. The van der Waals surface area contributed by atoms with Crippen molar-refractivity contribution in [2.75, 3.05) is 11.8 Å². The zero-order chi connectivity index (χ0) is 29.3. The van der Waals surface area contributed by atoms with Crippen molar-refractivity contribution in [1.82, 2.24) is 5.32 Å². The van der Waals surface area contributed by atoms with Crippen LogP contribution >= 0.6 is 23.2 Å². The Balaban J connectivity index is 3.55. The van der Waals surface area contributed by atoms with Gasteiger partial charge in [-0.2, -0.15) is 0 Å². The molecule has 214 valence electrons. The van der Waals surface area contributed by atoms with Crippen molar-refractivity contribution >= 4 is 47.0 Å². The third-order valence-corrected chi connectivity index (χ3v) is 5.49. The molecule has 2 amide bonds. The quantitative estimate of drug-likeness (QED) is 0.111. The molecule has 0 heterocycles. The van der Waals surface area contributed by atoms with Gasteiger partial charge in [0.25, 0.3) is 5.69 Å². The van der Waals surface area contributed by atoms with Crippen molar-refractivity contribution < 1.29 is 33.5 Å². The first-order chi connectivity index (χ1) is 17.4. The number of hydrogen-bond donors (Lipinski definition) is 2. The van der Waals surface area contributed by atoms with Gasteiger partial charge in [0.2, 0.25) is 0 Å². The molecule has 13 heteroatoms. The minimum atomic E-state index is -1.33. The molecular weight excluding hydrogens is 541 g/mol. The minimum Gasteiger partial charge on any atom is -0.460 e. The van der Waals surface area contributed by atoms with Crippen molar-refractivity contribution in [1.29, 1.82) is 0 Å². The van der Waals surface area contributed by atoms with Crippen LogP contribution in [0, 0.1) is 10.1 Å². The molecule has 0 aromatic heterocycles. The molecule has 0 aliphatic rings. The number of nitrogens with zero attached hydrogens (tertiary/aromatic N) is 1. The zero-order valence-electron chi connectivity index (χ0n) is 22.6. The number of alkyl halides is 2. The van der Waals surface area contributed by atoms with E-state index in [4.69, 9.17) is 43.1 Å². The van der Waals surface area contributed by atoms with Gasteiger partial charge in [-0.25, -0.2) is 9.59 Å². The Kier molecular flexibility index (Phi) is 12.1. The van der Waals surface area contributed by atoms with Gasteiger partial charge in [-0.15, -0.1) is 23.2 Å². The molecule has 0 saturated carbocycles. The molecular formula is C25H37Cl2N3O8. The highest BCUT2D eigenvalue weighted by Gasteiger charge is 2.37. The summed E-state index contributed by atoms with van der Waals surface area (Å²) in [5, 5.41) is 14.5. The number of hydrogen-bond acceptors (Lipinski definition) is 8. The molecule has 0 radical (unpaired) electrons. The lowest BCUT2D eigenvalue weighted by atomic mass is 9.86. The van der Waals surface area contributed by atoms with Crippen LogP contribution in [0.4, 0.5) is 15.3 Å². The molecule has 0 spiro atoms. The van der Waals surface area contributed by atoms with Crippen LogP contribution in [0.15, 0.2) is 18.2 Å². The minimum absolute atomic E-state index is 0.0813. The van der Waals surface area contributed by atoms with E-state index in [1.807, 2.05) is 0 Å². The molecule has 0 aliphatic carbocycles. The predicted octanol–water partition coefficient (Wildman–Crippen LogP) is 5.31. The first-order valence-electron chi connectivity index (χ1n) is 12.0. The fraction of sp³-hybridized carbons (Fsp3) is 0.640. The van der Waals surface area contributed by atoms with Crippen LogP contribution in [0.3, 0.4) is 0 Å². The van der Waals surface area contributed by atoms with Crippen LogP contribution in [0.1, 0.15) is 71.9 Å². The number of carbonyl (C=O) groups is 3. The molecule has 38 heavy (non-hydrogen) atoms. The lowest BCUT2D eigenvalue weighted by Crippen LogP contribution is -2.42. The highest BCUT2D eigenvalue weighted by atomic mass is 35.5. The largest absolute Gasteiger partial charge is 0.460 e. The lowest BCUT2D eigenvalue weighted by Gasteiger charge is -2.33. The molecule has 0 bridgehead atoms. The van der Waals surface area contributed by atoms with Crippen LogP contribution in [0.5, 0.6) is 0 Å². The van der Waals surface area contributed by atoms with Gasteiger partial charge in [0.05, 0.1) is 11.3 Å². The Morgan fingerprint density at radius 3 is 2.00 bits per heavy atom. The molecule has 0 unspecified atom stereocenters. The number of nitrogens with one attached hydrogen (secondary N) is 1. The maximum absolute atomic E-state index is 12.6. The molecule has 0 saturated heterocycles. The van der Waals surface area contributed by atoms with Crippen LogP contribution in [0.2, 0.25) is 0 Å². The molecule has 1 rings (SSSR count). The summed E-state index contributed by atoms with van der Waals surface area (Å²) >= 11 is 12.0. The van der Waals surface area contributed by atoms with E-state index < -0.39 is 45.9 Å². The number of nitro benzene ring substituents is 1. The first kappa shape index (κ1) is 33.2. The standard InChI is InChI=1S/C25H37Cl2N3O8/c1-23(2,3)36-20(31)15-18(29-22(33)38-24(4,5)6)14-16-13-17(7-8-19(16)30(34)35)25(9-11-26,10-12-27)37-21(28)32/h7-8,13,18H,9-12,14-15H2,1-6H3,(H2,28,32)(H,29,33)/t18-/m0/s1. The smallest absolute Gasteiger partial charge is 0.407 e. The van der Waals surface area contributed by atoms with Crippen LogP contribution in [0.25, 0.3) is 0 Å². The highest BCUT2D eigenvalue weighted by molar-refractivity contribution is 6.18. The van der Waals surface area contributed by atoms with E-state index in [0.29, 0.717) is 5.56 Å². The average molecular weight is 578 g/mol. The Bertz CT molecular complexity index is 969. The van der Waals surface area contributed by atoms with Gasteiger partial charge >= 0.3 is 18.2 Å². The number of nitrogens with two attached hydrogens (primary N) is 1. The summed E-state index contributed by atoms with van der Waals surface area (Å²) in [6.07, 6.45) is -2.02. The van der Waals surface area contributed by atoms with Crippen molar-refractivity contribution in [3.63, 3.8) is 0 Å². The van der Waals surface area contributed by atoms with E-state index in [1.165, 1.54) is 18.2 Å². The summed E-state index contributed by atoms with van der Waals surface area (Å²) in [5.41, 5.74) is 2.66. The SMILES string of the molecule is CC(C)(C)OC(=O)C[C@H](Cc1cc(C(CCCl)(CCCl)OC(N)=O)ccc1[N+](=O)[O-])NC(=O)OC(C)(C)C. The number of alkyl carbamates (subject to hydrolysis) is 1. The van der Waals surface area contributed by atoms with Crippen molar-refractivity contribution in [2.24, 2.45) is 5.73 Å². The van der Waals surface area contributed by atoms with Gasteiger partial charge in [0.1, 0.15) is 16.8 Å². The Hall–Kier alpha value is -2.79. The van der Waals surface area contributed by atoms with Gasteiger partial charge in [-0.05, 0) is 59.2 Å². The first-order valence-corrected chi connectivity index (χ1v) is 13.1. The number of halogens is 2. The zero-order valence-corrected chi connectivity index (χ0v) is 24.1. The van der Waals surface area contributed by atoms with Crippen molar-refractivity contribution in [3.8, 4) is 0 Å². The maximum atomic E-state index is 12.6. The van der Waals surface area contributed by atoms with Gasteiger partial charge < -0.3 is 25.3 Å². The Morgan fingerprint density at radius 1 is 1.00 bits per heavy atom. The topological polar surface area (TPSA) is 160 Å². The number of benzene rings is 1. The number of ether oxygens (including phenoxy) is 3. The molecule has 1 aromatic carbocycles. The second kappa shape index (κ2) is 13.8. The summed E-state index contributed by atoms with van der Waals surface area (Å²) in [6.45, 7) is 10.1. The summed E-state index contributed by atoms with van der Waals surface area (Å²) in [7, 11) is 0. The predicted molar refractivity (Wildman–Crippen MR) is 143 cm³/mol. The molecule has 1 aromatic rings. The van der Waals surface area contributed by atoms with Crippen LogP contribution in [-0.4, -0.2) is 52.1 Å². The van der Waals surface area contributed by atoms with E-state index in [-0.39, 0.29) is 48.7 Å². The van der Waals surface area contributed by atoms with Gasteiger partial charge in [-0.1, -0.05) is 0 Å². The van der Waals surface area contributed by atoms with E-state index >= 15 is 0 Å². The molecule has 0 fully saturated rings. The third-order valence-electron chi connectivity index (χ3n) is 5.12. The molecule has 3 N–H and O–H groups in total. The van der Waals surface area contributed by atoms with Crippen LogP contribution < -0.4 is 11.1 Å². The number of amides is 2. The summed E-state index contributed by atoms with van der Waals surface area (Å²) in [6, 6.07) is 3.23. The van der Waals surface area contributed by atoms with Crippen molar-refractivity contribution in [3.05, 3.63) is 39.4 Å². The molecule has 0 aliphatic heterocycles. The summed E-state index contributed by atoms with van der Waals surface area (Å²) in [5.74, 6) is -0.455. The monoisotopic (exact) mass is 577 g/mol. The van der Waals surface area contributed by atoms with Gasteiger partial charge in [0, 0.05) is 48.7 Å². The fourth-order valence-electron chi connectivity index (χ4n) is 3.78. The van der Waals surface area contributed by atoms with Gasteiger partial charge in [0.15, 0.2) is 0 Å². The van der Waals surface area contributed by atoms with Crippen LogP contribution in [-0.2, 0) is 31.0 Å². The number of carbonyl (C=O) groups excluding carboxylic acids is 3. The van der Waals surface area contributed by atoms with E-state index in [9.17, 15) is 24.5 Å². The third kappa shape index (κ3) is 11.3. The average Bonchev–Trinajstić information content (AvgIpc) is 2.70. The lowest BCUT2D eigenvalue weighted by molar-refractivity contribution is -0.385. The number of esters is 1. The second-order valence-corrected chi connectivity index (χ2v) is 11.5. The van der Waals surface area contributed by atoms with E-state index in [1.54, 1.807) is 41.5 Å². The normalized spacial score (nSPS) is 12.8. The Morgan fingerprint density at radius 2 is 1.55 bits per heavy atom. The molecule has 1 atom stereocenters. The van der Waals surface area contributed by atoms with Gasteiger partial charge in [-0.3, -0.25) is 14.9 Å². The number of rotatable bonds is 12. The fourth-order valence-corrected chi connectivity index (χ4v) is 4.39. The summed E-state index contributed by atoms with van der Waals surface area (Å²) < 4.78 is 16.1. The van der Waals surface area contributed by atoms with E-state index in [0.717, 1.165) is 0 Å².